The number of aliphatic imine (C=N–C) groups is 1. The monoisotopic (exact) mass is 528 g/mol. The molecule has 30 heavy (non-hydrogen) atoms. The van der Waals surface area contributed by atoms with E-state index in [0.29, 0.717) is 6.61 Å². The molecule has 166 valence electrons. The summed E-state index contributed by atoms with van der Waals surface area (Å²) in [6.45, 7) is 4.93. The number of halogens is 1. The second-order valence-electron chi connectivity index (χ2n) is 7.16. The summed E-state index contributed by atoms with van der Waals surface area (Å²) in [6, 6.07) is 8.50. The number of methoxy groups -OCH3 is 2. The first kappa shape index (κ1) is 24.4. The van der Waals surface area contributed by atoms with Crippen molar-refractivity contribution in [2.75, 3.05) is 27.3 Å². The van der Waals surface area contributed by atoms with Crippen molar-refractivity contribution in [3.8, 4) is 5.75 Å². The molecule has 0 saturated heterocycles. The lowest BCUT2D eigenvalue weighted by Gasteiger charge is -2.25. The summed E-state index contributed by atoms with van der Waals surface area (Å²) < 4.78 is 12.4. The lowest BCUT2D eigenvalue weighted by molar-refractivity contribution is 0.177. The average Bonchev–Trinajstić information content (AvgIpc) is 3.13. The molecule has 0 saturated carbocycles. The second-order valence-corrected chi connectivity index (χ2v) is 7.16. The molecule has 2 N–H and O–H groups in total. The van der Waals surface area contributed by atoms with Gasteiger partial charge in [0.2, 0.25) is 0 Å². The number of hydrogen-bond donors (Lipinski definition) is 2. The van der Waals surface area contributed by atoms with Gasteiger partial charge in [0.1, 0.15) is 18.2 Å². The Balaban J connectivity index is 0.00000320. The van der Waals surface area contributed by atoms with E-state index in [-0.39, 0.29) is 30.0 Å². The normalized spacial score (nSPS) is 15.8. The fourth-order valence-corrected chi connectivity index (χ4v) is 3.48. The Morgan fingerprint density at radius 2 is 2.20 bits per heavy atom. The Morgan fingerprint density at radius 1 is 1.33 bits per heavy atom. The lowest BCUT2D eigenvalue weighted by atomic mass is 10.1. The minimum Gasteiger partial charge on any atom is -0.497 e. The molecule has 3 rings (SSSR count). The molecule has 0 aliphatic carbocycles. The van der Waals surface area contributed by atoms with Crippen LogP contribution in [0, 0.1) is 0 Å². The number of ether oxygens (including phenoxy) is 2. The average molecular weight is 528 g/mol. The minimum atomic E-state index is 0. The minimum absolute atomic E-state index is 0. The number of aryl methyl sites for hydroxylation is 2. The van der Waals surface area contributed by atoms with Crippen molar-refractivity contribution in [3.63, 3.8) is 0 Å². The molecule has 0 spiro atoms. The molecule has 9 heteroatoms. The van der Waals surface area contributed by atoms with Crippen LogP contribution in [0.4, 0.5) is 0 Å². The van der Waals surface area contributed by atoms with Crippen molar-refractivity contribution >= 4 is 29.9 Å². The molecule has 8 nitrogen and oxygen atoms in total. The van der Waals surface area contributed by atoms with Gasteiger partial charge < -0.3 is 20.1 Å². The zero-order valence-electron chi connectivity index (χ0n) is 18.1. The molecular formula is C21H33IN6O2. The molecule has 0 amide bonds. The Labute approximate surface area is 195 Å². The van der Waals surface area contributed by atoms with Crippen LogP contribution < -0.4 is 15.4 Å². The van der Waals surface area contributed by atoms with E-state index in [1.807, 2.05) is 16.8 Å². The maximum Gasteiger partial charge on any atom is 0.191 e. The van der Waals surface area contributed by atoms with E-state index in [0.717, 1.165) is 68.7 Å². The van der Waals surface area contributed by atoms with Crippen molar-refractivity contribution in [3.05, 3.63) is 41.5 Å². The smallest absolute Gasteiger partial charge is 0.191 e. The summed E-state index contributed by atoms with van der Waals surface area (Å²) in [6.07, 6.45) is 3.89. The van der Waals surface area contributed by atoms with Crippen LogP contribution in [-0.4, -0.2) is 54.1 Å². The molecule has 1 unspecified atom stereocenters. The van der Waals surface area contributed by atoms with Gasteiger partial charge in [-0.15, -0.1) is 24.0 Å². The standard InChI is InChI=1S/C21H32N6O2.HI/c1-4-22-21(23-12-6-8-16-7-5-9-18(13-16)29-3)24-17-10-11-20-25-19(15-28-2)26-27(20)14-17;/h5,7,9,13,17H,4,6,8,10-12,14-15H2,1-3H3,(H2,22,23,24);1H. The first-order valence-corrected chi connectivity index (χ1v) is 10.3. The third kappa shape index (κ3) is 7.12. The van der Waals surface area contributed by atoms with Gasteiger partial charge in [-0.05, 0) is 43.9 Å². The molecule has 1 aliphatic heterocycles. The zero-order valence-corrected chi connectivity index (χ0v) is 20.4. The van der Waals surface area contributed by atoms with Gasteiger partial charge in [0.05, 0.1) is 13.7 Å². The Hall–Kier alpha value is -1.88. The molecular weight excluding hydrogens is 495 g/mol. The van der Waals surface area contributed by atoms with Crippen LogP contribution in [0.2, 0.25) is 0 Å². The number of nitrogens with zero attached hydrogens (tertiary/aromatic N) is 4. The summed E-state index contributed by atoms with van der Waals surface area (Å²) in [5, 5.41) is 11.4. The lowest BCUT2D eigenvalue weighted by Crippen LogP contribution is -2.47. The molecule has 1 aromatic carbocycles. The fraction of sp³-hybridized carbons (Fsp3) is 0.571. The van der Waals surface area contributed by atoms with Crippen LogP contribution in [-0.2, 0) is 30.7 Å². The number of hydrogen-bond acceptors (Lipinski definition) is 5. The van der Waals surface area contributed by atoms with Crippen LogP contribution in [0.5, 0.6) is 5.75 Å². The third-order valence-corrected chi connectivity index (χ3v) is 4.89. The first-order chi connectivity index (χ1) is 14.2. The third-order valence-electron chi connectivity index (χ3n) is 4.89. The van der Waals surface area contributed by atoms with Crippen molar-refractivity contribution in [2.24, 2.45) is 4.99 Å². The van der Waals surface area contributed by atoms with E-state index in [1.54, 1.807) is 14.2 Å². The summed E-state index contributed by atoms with van der Waals surface area (Å²) in [7, 11) is 3.36. The van der Waals surface area contributed by atoms with Gasteiger partial charge in [0.15, 0.2) is 11.8 Å². The summed E-state index contributed by atoms with van der Waals surface area (Å²) in [5.41, 5.74) is 1.27. The molecule has 1 aliphatic rings. The van der Waals surface area contributed by atoms with E-state index >= 15 is 0 Å². The van der Waals surface area contributed by atoms with Gasteiger partial charge in [0, 0.05) is 32.7 Å². The Bertz CT molecular complexity index is 811. The van der Waals surface area contributed by atoms with E-state index in [1.165, 1.54) is 5.56 Å². The highest BCUT2D eigenvalue weighted by Gasteiger charge is 2.22. The molecule has 0 bridgehead atoms. The van der Waals surface area contributed by atoms with Crippen molar-refractivity contribution in [1.82, 2.24) is 25.4 Å². The molecule has 0 fully saturated rings. The summed E-state index contributed by atoms with van der Waals surface area (Å²) in [5.74, 6) is 3.56. The topological polar surface area (TPSA) is 85.6 Å². The largest absolute Gasteiger partial charge is 0.497 e. The number of nitrogens with one attached hydrogen (secondary N) is 2. The van der Waals surface area contributed by atoms with Crippen LogP contribution in [0.3, 0.4) is 0 Å². The van der Waals surface area contributed by atoms with Crippen LogP contribution in [0.1, 0.15) is 37.0 Å². The van der Waals surface area contributed by atoms with Crippen molar-refractivity contribution < 1.29 is 9.47 Å². The number of rotatable bonds is 9. The first-order valence-electron chi connectivity index (χ1n) is 10.3. The van der Waals surface area contributed by atoms with E-state index < -0.39 is 0 Å². The van der Waals surface area contributed by atoms with E-state index in [4.69, 9.17) is 14.5 Å². The number of aromatic nitrogens is 3. The van der Waals surface area contributed by atoms with Crippen molar-refractivity contribution in [2.45, 2.75) is 51.8 Å². The summed E-state index contributed by atoms with van der Waals surface area (Å²) in [4.78, 5) is 9.29. The predicted octanol–water partition coefficient (Wildman–Crippen LogP) is 2.55. The molecule has 2 aromatic rings. The fourth-order valence-electron chi connectivity index (χ4n) is 3.48. The van der Waals surface area contributed by atoms with Gasteiger partial charge in [-0.25, -0.2) is 9.67 Å². The molecule has 0 radical (unpaired) electrons. The highest BCUT2D eigenvalue weighted by atomic mass is 127. The van der Waals surface area contributed by atoms with Crippen LogP contribution in [0.15, 0.2) is 29.3 Å². The van der Waals surface area contributed by atoms with Gasteiger partial charge in [-0.2, -0.15) is 5.10 Å². The van der Waals surface area contributed by atoms with Crippen LogP contribution >= 0.6 is 24.0 Å². The van der Waals surface area contributed by atoms with E-state index in [9.17, 15) is 0 Å². The van der Waals surface area contributed by atoms with Crippen molar-refractivity contribution in [1.29, 1.82) is 0 Å². The maximum absolute atomic E-state index is 5.29. The Morgan fingerprint density at radius 3 is 2.97 bits per heavy atom. The maximum atomic E-state index is 5.29. The van der Waals surface area contributed by atoms with Gasteiger partial charge in [-0.3, -0.25) is 4.99 Å². The molecule has 2 heterocycles. The molecule has 1 aromatic heterocycles. The second kappa shape index (κ2) is 12.7. The Kier molecular flexibility index (Phi) is 10.4. The summed E-state index contributed by atoms with van der Waals surface area (Å²) >= 11 is 0. The molecule has 1 atom stereocenters. The highest BCUT2D eigenvalue weighted by molar-refractivity contribution is 14.0. The quantitative estimate of drug-likeness (QED) is 0.225. The van der Waals surface area contributed by atoms with Gasteiger partial charge >= 0.3 is 0 Å². The number of guanidine groups is 1. The SMILES string of the molecule is CCNC(=NCCCc1cccc(OC)c1)NC1CCc2nc(COC)nn2C1.I. The number of fused-ring (bicyclic) bond motifs is 1. The van der Waals surface area contributed by atoms with Gasteiger partial charge in [0.25, 0.3) is 0 Å². The number of benzene rings is 1. The van der Waals surface area contributed by atoms with E-state index in [2.05, 4.69) is 39.8 Å². The van der Waals surface area contributed by atoms with Crippen LogP contribution in [0.25, 0.3) is 0 Å². The zero-order chi connectivity index (χ0) is 20.5. The predicted molar refractivity (Wildman–Crippen MR) is 129 cm³/mol. The highest BCUT2D eigenvalue weighted by Crippen LogP contribution is 2.15. The van der Waals surface area contributed by atoms with Gasteiger partial charge in [-0.1, -0.05) is 12.1 Å².